The summed E-state index contributed by atoms with van der Waals surface area (Å²) in [5.41, 5.74) is -5.49. The second-order valence-electron chi connectivity index (χ2n) is 7.61. The predicted molar refractivity (Wildman–Crippen MR) is 137 cm³/mol. The van der Waals surface area contributed by atoms with E-state index in [1.54, 1.807) is 30.3 Å². The fourth-order valence-corrected chi connectivity index (χ4v) is 4.30. The van der Waals surface area contributed by atoms with Crippen molar-refractivity contribution in [3.63, 3.8) is 0 Å². The van der Waals surface area contributed by atoms with Gasteiger partial charge in [0.25, 0.3) is 5.91 Å². The Bertz CT molecular complexity index is 1260. The molecule has 13 heteroatoms. The van der Waals surface area contributed by atoms with Crippen LogP contribution in [0.25, 0.3) is 0 Å². The summed E-state index contributed by atoms with van der Waals surface area (Å²) in [6.07, 6.45) is 0. The first-order chi connectivity index (χ1) is 18.0. The fraction of sp³-hybridized carbons (Fsp3) is 0.200. The molecule has 0 bridgehead atoms. The summed E-state index contributed by atoms with van der Waals surface area (Å²) in [6.45, 7) is -1.11. The predicted octanol–water partition coefficient (Wildman–Crippen LogP) is 5.83. The molecule has 3 rings (SSSR count). The summed E-state index contributed by atoms with van der Waals surface area (Å²) in [6, 6.07) is 13.8. The maximum Gasteiger partial charge on any atom is 0.446 e. The van der Waals surface area contributed by atoms with Crippen molar-refractivity contribution >= 4 is 43.9 Å². The van der Waals surface area contributed by atoms with Crippen molar-refractivity contribution in [2.45, 2.75) is 10.4 Å². The average Bonchev–Trinajstić information content (AvgIpc) is 2.85. The van der Waals surface area contributed by atoms with Gasteiger partial charge in [-0.05, 0) is 53.5 Å². The molecule has 1 unspecified atom stereocenters. The van der Waals surface area contributed by atoms with Crippen LogP contribution >= 0.6 is 21.0 Å². The summed E-state index contributed by atoms with van der Waals surface area (Å²) < 4.78 is 78.3. The molecule has 0 radical (unpaired) electrons. The number of carbonyl (C=O) groups is 2. The molecule has 202 valence electrons. The molecule has 0 aromatic heterocycles. The summed E-state index contributed by atoms with van der Waals surface area (Å²) in [4.78, 5) is 28.0. The molecule has 0 aliphatic heterocycles. The third-order valence-electron chi connectivity index (χ3n) is 5.00. The van der Waals surface area contributed by atoms with Gasteiger partial charge in [-0.15, -0.1) is 9.24 Å². The smallest absolute Gasteiger partial charge is 0.446 e. The number of imide groups is 1. The van der Waals surface area contributed by atoms with Crippen LogP contribution in [0.4, 0.5) is 32.4 Å². The highest BCUT2D eigenvalue weighted by Crippen LogP contribution is 2.38. The molecule has 0 saturated heterocycles. The van der Waals surface area contributed by atoms with E-state index >= 15 is 0 Å². The lowest BCUT2D eigenvalue weighted by Gasteiger charge is -2.30. The van der Waals surface area contributed by atoms with E-state index in [0.717, 1.165) is 23.1 Å². The number of urea groups is 1. The van der Waals surface area contributed by atoms with Crippen molar-refractivity contribution in [2.75, 3.05) is 31.9 Å². The Kier molecular flexibility index (Phi) is 10.1. The number of hydrogen-bond donors (Lipinski definition) is 0. The Hall–Kier alpha value is -3.21. The van der Waals surface area contributed by atoms with Crippen molar-refractivity contribution in [3.8, 4) is 5.75 Å². The molecular formula is C25H22F5N2O4PS. The highest BCUT2D eigenvalue weighted by molar-refractivity contribution is 8.00. The fourth-order valence-electron chi connectivity index (χ4n) is 3.36. The van der Waals surface area contributed by atoms with Crippen LogP contribution < -0.4 is 14.9 Å². The van der Waals surface area contributed by atoms with Gasteiger partial charge in [0, 0.05) is 12.0 Å². The van der Waals surface area contributed by atoms with Gasteiger partial charge in [-0.3, -0.25) is 14.6 Å². The van der Waals surface area contributed by atoms with Crippen LogP contribution in [0, 0.1) is 11.6 Å². The van der Waals surface area contributed by atoms with E-state index in [0.29, 0.717) is 16.7 Å². The molecule has 3 aromatic rings. The number of hydrogen-bond acceptors (Lipinski definition) is 5. The number of thioether (sulfide) groups is 1. The van der Waals surface area contributed by atoms with Gasteiger partial charge in [0.2, 0.25) is 0 Å². The molecule has 38 heavy (non-hydrogen) atoms. The van der Waals surface area contributed by atoms with Gasteiger partial charge < -0.3 is 9.47 Å². The van der Waals surface area contributed by atoms with E-state index in [9.17, 15) is 31.5 Å². The lowest BCUT2D eigenvalue weighted by Crippen LogP contribution is -2.49. The van der Waals surface area contributed by atoms with Crippen LogP contribution in [0.2, 0.25) is 0 Å². The minimum absolute atomic E-state index is 0.176. The molecule has 6 nitrogen and oxygen atoms in total. The molecule has 0 aliphatic carbocycles. The SMILES string of the molecule is COCN(C(=O)N(CCOc1ccccc1)C(=O)c1c(F)cccc1P)c1ccc(SC(F)(F)F)cc1F. The Morgan fingerprint density at radius 3 is 2.29 bits per heavy atom. The summed E-state index contributed by atoms with van der Waals surface area (Å²) >= 11 is -0.522. The molecule has 3 amide bonds. The van der Waals surface area contributed by atoms with Crippen LogP contribution in [0.1, 0.15) is 10.4 Å². The Labute approximate surface area is 221 Å². The lowest BCUT2D eigenvalue weighted by molar-refractivity contribution is -0.0328. The summed E-state index contributed by atoms with van der Waals surface area (Å²) in [5.74, 6) is -2.62. The van der Waals surface area contributed by atoms with E-state index in [1.165, 1.54) is 19.2 Å². The van der Waals surface area contributed by atoms with Crippen molar-refractivity contribution in [1.29, 1.82) is 0 Å². The number of para-hydroxylation sites is 1. The van der Waals surface area contributed by atoms with Crippen molar-refractivity contribution < 1.29 is 41.0 Å². The average molecular weight is 572 g/mol. The maximum atomic E-state index is 14.9. The molecule has 0 saturated carbocycles. The highest BCUT2D eigenvalue weighted by atomic mass is 32.2. The Balaban J connectivity index is 1.96. The number of anilines is 1. The normalized spacial score (nSPS) is 11.2. The molecule has 0 aliphatic rings. The van der Waals surface area contributed by atoms with Gasteiger partial charge in [-0.2, -0.15) is 13.2 Å². The van der Waals surface area contributed by atoms with Crippen molar-refractivity contribution in [1.82, 2.24) is 4.90 Å². The van der Waals surface area contributed by atoms with Gasteiger partial charge in [-0.1, -0.05) is 30.3 Å². The first-order valence-corrected chi connectivity index (χ1v) is 12.3. The zero-order valence-corrected chi connectivity index (χ0v) is 21.8. The zero-order valence-electron chi connectivity index (χ0n) is 19.9. The van der Waals surface area contributed by atoms with Gasteiger partial charge >= 0.3 is 11.5 Å². The third-order valence-corrected chi connectivity index (χ3v) is 6.20. The van der Waals surface area contributed by atoms with E-state index in [1.807, 2.05) is 0 Å². The standard InChI is InChI=1S/C25H22F5N2O4PS/c1-35-15-32(20-11-10-17(14-19(20)27)38-25(28,29)30)24(34)31(12-13-36-16-6-3-2-4-7-16)23(33)22-18(26)8-5-9-21(22)37/h2-11,14H,12-13,15,37H2,1H3. The van der Waals surface area contributed by atoms with Gasteiger partial charge in [0.1, 0.15) is 30.7 Å². The second kappa shape index (κ2) is 13.0. The van der Waals surface area contributed by atoms with Crippen molar-refractivity contribution in [2.24, 2.45) is 0 Å². The minimum atomic E-state index is -4.65. The summed E-state index contributed by atoms with van der Waals surface area (Å²) in [5, 5.41) is 0.176. The van der Waals surface area contributed by atoms with Crippen LogP contribution in [-0.2, 0) is 4.74 Å². The van der Waals surface area contributed by atoms with Gasteiger partial charge in [-0.25, -0.2) is 13.6 Å². The number of methoxy groups -OCH3 is 1. The molecular weight excluding hydrogens is 550 g/mol. The van der Waals surface area contributed by atoms with Crippen LogP contribution in [0.15, 0.2) is 71.6 Å². The molecule has 0 spiro atoms. The van der Waals surface area contributed by atoms with E-state index < -0.39 is 63.7 Å². The number of ether oxygens (including phenoxy) is 2. The molecule has 1 atom stereocenters. The molecule has 0 heterocycles. The minimum Gasteiger partial charge on any atom is -0.492 e. The lowest BCUT2D eigenvalue weighted by atomic mass is 10.2. The largest absolute Gasteiger partial charge is 0.492 e. The topological polar surface area (TPSA) is 59.1 Å². The number of rotatable bonds is 9. The number of alkyl halides is 3. The zero-order chi connectivity index (χ0) is 27.9. The maximum absolute atomic E-state index is 14.9. The number of benzene rings is 3. The van der Waals surface area contributed by atoms with Gasteiger partial charge in [0.05, 0.1) is 17.8 Å². The molecule has 0 N–H and O–H groups in total. The summed E-state index contributed by atoms with van der Waals surface area (Å²) in [7, 11) is 3.41. The Morgan fingerprint density at radius 2 is 1.68 bits per heavy atom. The number of carbonyl (C=O) groups excluding carboxylic acids is 2. The third kappa shape index (κ3) is 7.66. The molecule has 0 fully saturated rings. The van der Waals surface area contributed by atoms with Gasteiger partial charge in [0.15, 0.2) is 0 Å². The van der Waals surface area contributed by atoms with E-state index in [-0.39, 0.29) is 18.5 Å². The van der Waals surface area contributed by atoms with Crippen LogP contribution in [0.3, 0.4) is 0 Å². The first-order valence-electron chi connectivity index (χ1n) is 10.9. The quantitative estimate of drug-likeness (QED) is 0.140. The second-order valence-corrected chi connectivity index (χ2v) is 9.37. The Morgan fingerprint density at radius 1 is 0.974 bits per heavy atom. The first kappa shape index (κ1) is 29.3. The van der Waals surface area contributed by atoms with Crippen LogP contribution in [-0.4, -0.2) is 49.3 Å². The van der Waals surface area contributed by atoms with Crippen molar-refractivity contribution in [3.05, 3.63) is 83.9 Å². The monoisotopic (exact) mass is 572 g/mol. The number of halogens is 5. The number of nitrogens with zero attached hydrogens (tertiary/aromatic N) is 2. The highest BCUT2D eigenvalue weighted by Gasteiger charge is 2.33. The number of amides is 3. The van der Waals surface area contributed by atoms with Crippen LogP contribution in [0.5, 0.6) is 5.75 Å². The van der Waals surface area contributed by atoms with E-state index in [2.05, 4.69) is 9.24 Å². The van der Waals surface area contributed by atoms with E-state index in [4.69, 9.17) is 9.47 Å². The molecule has 3 aromatic carbocycles.